The van der Waals surface area contributed by atoms with Gasteiger partial charge in [-0.1, -0.05) is 42.5 Å². The summed E-state index contributed by atoms with van der Waals surface area (Å²) in [6, 6.07) is 22.1. The molecule has 3 N–H and O–H groups in total. The Hall–Kier alpha value is -3.20. The zero-order valence-corrected chi connectivity index (χ0v) is 21.2. The number of urea groups is 1. The van der Waals surface area contributed by atoms with Crippen LogP contribution in [-0.2, 0) is 33.4 Å². The van der Waals surface area contributed by atoms with E-state index in [9.17, 15) is 13.2 Å². The van der Waals surface area contributed by atoms with Gasteiger partial charge in [0.2, 0.25) is 0 Å². The molecule has 2 aliphatic heterocycles. The average Bonchev–Trinajstić information content (AvgIpc) is 3.54. The number of carbonyl (C=O) groups is 1. The van der Waals surface area contributed by atoms with Gasteiger partial charge in [0, 0.05) is 23.2 Å². The topological polar surface area (TPSA) is 88.9 Å². The monoisotopic (exact) mass is 506 g/mol. The zero-order chi connectivity index (χ0) is 25.1. The van der Waals surface area contributed by atoms with Crippen LogP contribution in [0.3, 0.4) is 0 Å². The van der Waals surface area contributed by atoms with Crippen molar-refractivity contribution >= 4 is 21.6 Å². The molecule has 0 aromatic heterocycles. The average molecular weight is 507 g/mol. The maximum Gasteiger partial charge on any atom is 0.319 e. The van der Waals surface area contributed by atoms with Crippen molar-refractivity contribution in [2.45, 2.75) is 49.2 Å². The van der Waals surface area contributed by atoms with Crippen LogP contribution in [0.15, 0.2) is 77.7 Å². The van der Waals surface area contributed by atoms with E-state index < -0.39 is 9.84 Å². The molecule has 2 aliphatic rings. The number of hydrogen-bond acceptors (Lipinski definition) is 4. The number of benzene rings is 3. The lowest BCUT2D eigenvalue weighted by atomic mass is 10.1. The Balaban J connectivity index is 1.19. The third-order valence-electron chi connectivity index (χ3n) is 7.09. The largest absolute Gasteiger partial charge is 0.375 e. The molecule has 5 rings (SSSR count). The first kappa shape index (κ1) is 24.5. The summed E-state index contributed by atoms with van der Waals surface area (Å²) in [5.41, 5.74) is 4.87. The molecule has 0 radical (unpaired) electrons. The molecule has 0 spiro atoms. The highest BCUT2D eigenvalue weighted by Gasteiger charge is 2.32. The predicted molar refractivity (Wildman–Crippen MR) is 138 cm³/mol. The Kier molecular flexibility index (Phi) is 7.09. The lowest BCUT2D eigenvalue weighted by molar-refractivity contribution is -0.943. The van der Waals surface area contributed by atoms with E-state index in [4.69, 9.17) is 4.74 Å². The first-order chi connectivity index (χ1) is 17.4. The van der Waals surface area contributed by atoms with Crippen molar-refractivity contribution in [1.82, 2.24) is 5.32 Å². The maximum absolute atomic E-state index is 13.1. The van der Waals surface area contributed by atoms with Gasteiger partial charge < -0.3 is 20.3 Å². The van der Waals surface area contributed by atoms with E-state index in [-0.39, 0.29) is 22.7 Å². The number of nitrogens with one attached hydrogen (secondary N) is 3. The summed E-state index contributed by atoms with van der Waals surface area (Å²) >= 11 is 0. The first-order valence-electron chi connectivity index (χ1n) is 12.4. The van der Waals surface area contributed by atoms with Gasteiger partial charge in [-0.05, 0) is 48.4 Å². The molecular formula is C28H32N3O4S+. The summed E-state index contributed by atoms with van der Waals surface area (Å²) in [5, 5.41) is 5.66. The van der Waals surface area contributed by atoms with Crippen molar-refractivity contribution in [2.75, 3.05) is 18.5 Å². The van der Waals surface area contributed by atoms with Crippen molar-refractivity contribution in [1.29, 1.82) is 0 Å². The van der Waals surface area contributed by atoms with Gasteiger partial charge in [0.25, 0.3) is 0 Å². The fraction of sp³-hybridized carbons (Fsp3) is 0.321. The normalized spacial score (nSPS) is 20.0. The predicted octanol–water partition coefficient (Wildman–Crippen LogP) is 3.23. The first-order valence-corrected chi connectivity index (χ1v) is 14.0. The number of rotatable bonds is 7. The molecule has 1 fully saturated rings. The molecule has 3 aromatic rings. The fourth-order valence-electron chi connectivity index (χ4n) is 5.04. The molecular weight excluding hydrogens is 474 g/mol. The van der Waals surface area contributed by atoms with Gasteiger partial charge >= 0.3 is 6.03 Å². The van der Waals surface area contributed by atoms with Crippen LogP contribution in [0.1, 0.15) is 41.6 Å². The number of hydrogen-bond donors (Lipinski definition) is 3. The van der Waals surface area contributed by atoms with Gasteiger partial charge in [-0.3, -0.25) is 0 Å². The molecule has 7 nitrogen and oxygen atoms in total. The molecule has 2 amide bonds. The number of amides is 2. The number of anilines is 1. The Labute approximate surface area is 212 Å². The molecule has 3 atom stereocenters. The second-order valence-corrected chi connectivity index (χ2v) is 11.7. The molecule has 0 saturated carbocycles. The van der Waals surface area contributed by atoms with E-state index in [1.807, 2.05) is 49.4 Å². The van der Waals surface area contributed by atoms with Gasteiger partial charge in [-0.2, -0.15) is 0 Å². The van der Waals surface area contributed by atoms with Crippen LogP contribution in [0.2, 0.25) is 0 Å². The van der Waals surface area contributed by atoms with E-state index in [0.29, 0.717) is 11.7 Å². The summed E-state index contributed by atoms with van der Waals surface area (Å²) in [4.78, 5) is 14.1. The van der Waals surface area contributed by atoms with E-state index in [2.05, 4.69) is 16.7 Å². The summed E-state index contributed by atoms with van der Waals surface area (Å²) in [6.07, 6.45) is 1.09. The molecule has 2 heterocycles. The minimum absolute atomic E-state index is 0.0516. The van der Waals surface area contributed by atoms with Crippen LogP contribution in [0.4, 0.5) is 10.5 Å². The lowest BCUT2D eigenvalue weighted by Crippen LogP contribution is -3.12. The van der Waals surface area contributed by atoms with Crippen molar-refractivity contribution in [2.24, 2.45) is 0 Å². The van der Waals surface area contributed by atoms with Crippen LogP contribution < -0.4 is 15.5 Å². The van der Waals surface area contributed by atoms with Crippen molar-refractivity contribution < 1.29 is 22.8 Å². The van der Waals surface area contributed by atoms with E-state index in [1.165, 1.54) is 16.0 Å². The van der Waals surface area contributed by atoms with Crippen LogP contribution in [0.5, 0.6) is 0 Å². The van der Waals surface area contributed by atoms with E-state index in [1.54, 1.807) is 24.3 Å². The number of fused-ring (bicyclic) bond motifs is 1. The quantitative estimate of drug-likeness (QED) is 0.459. The van der Waals surface area contributed by atoms with Crippen LogP contribution in [0.25, 0.3) is 0 Å². The third-order valence-corrected chi connectivity index (χ3v) is 8.79. The van der Waals surface area contributed by atoms with Gasteiger partial charge in [-0.25, -0.2) is 13.2 Å². The maximum atomic E-state index is 13.1. The Morgan fingerprint density at radius 2 is 1.78 bits per heavy atom. The molecule has 8 heteroatoms. The fourth-order valence-corrected chi connectivity index (χ4v) is 6.38. The van der Waals surface area contributed by atoms with Gasteiger partial charge in [0.15, 0.2) is 9.84 Å². The van der Waals surface area contributed by atoms with Gasteiger partial charge in [-0.15, -0.1) is 0 Å². The minimum atomic E-state index is -3.52. The Bertz CT molecular complexity index is 1320. The second-order valence-electron chi connectivity index (χ2n) is 9.69. The zero-order valence-electron chi connectivity index (χ0n) is 20.4. The highest BCUT2D eigenvalue weighted by Crippen LogP contribution is 2.22. The molecule has 188 valence electrons. The van der Waals surface area contributed by atoms with Crippen LogP contribution >= 0.6 is 0 Å². The molecule has 3 aromatic carbocycles. The second kappa shape index (κ2) is 10.4. The number of sulfone groups is 1. The summed E-state index contributed by atoms with van der Waals surface area (Å²) in [6.45, 7) is 5.44. The van der Waals surface area contributed by atoms with Crippen LogP contribution in [-0.4, -0.2) is 33.7 Å². The number of ether oxygens (including phenoxy) is 1. The van der Waals surface area contributed by atoms with Crippen molar-refractivity contribution in [3.63, 3.8) is 0 Å². The van der Waals surface area contributed by atoms with Gasteiger partial charge in [0.1, 0.15) is 19.1 Å². The Morgan fingerprint density at radius 3 is 2.50 bits per heavy atom. The number of quaternary nitrogens is 1. The lowest BCUT2D eigenvalue weighted by Gasteiger charge is -2.18. The smallest absolute Gasteiger partial charge is 0.319 e. The van der Waals surface area contributed by atoms with Crippen molar-refractivity contribution in [3.05, 3.63) is 95.1 Å². The molecule has 0 bridgehead atoms. The minimum Gasteiger partial charge on any atom is -0.375 e. The highest BCUT2D eigenvalue weighted by molar-refractivity contribution is 7.90. The summed E-state index contributed by atoms with van der Waals surface area (Å²) in [5.74, 6) is -0.0516. The summed E-state index contributed by atoms with van der Waals surface area (Å²) < 4.78 is 31.7. The number of carbonyl (C=O) groups excluding carboxylic acids is 1. The van der Waals surface area contributed by atoms with Gasteiger partial charge in [0.05, 0.1) is 29.9 Å². The Morgan fingerprint density at radius 1 is 1.03 bits per heavy atom. The van der Waals surface area contributed by atoms with Crippen molar-refractivity contribution in [3.8, 4) is 0 Å². The molecule has 3 unspecified atom stereocenters. The molecule has 0 aliphatic carbocycles. The van der Waals surface area contributed by atoms with E-state index in [0.717, 1.165) is 43.9 Å². The summed E-state index contributed by atoms with van der Waals surface area (Å²) in [7, 11) is -3.52. The third kappa shape index (κ3) is 5.61. The molecule has 36 heavy (non-hydrogen) atoms. The standard InChI is InChI=1S/C28H31N3O4S/c1-20(22-5-3-2-4-6-22)29-28(32)30-25-9-11-27(12-10-25)36(33,34)19-21-7-8-23-16-31(17-24(23)15-21)26-13-14-35-18-26/h2-12,15,20,26H,13-14,16-19H2,1H3,(H2,29,30,32)/p+1. The molecule has 1 saturated heterocycles. The van der Waals surface area contributed by atoms with Crippen LogP contribution in [0, 0.1) is 0 Å². The highest BCUT2D eigenvalue weighted by atomic mass is 32.2. The van der Waals surface area contributed by atoms with E-state index >= 15 is 0 Å². The SMILES string of the molecule is CC(NC(=O)Nc1ccc(S(=O)(=O)Cc2ccc3c(c2)C[NH+](C2CCOC2)C3)cc1)c1ccccc1.